The van der Waals surface area contributed by atoms with Gasteiger partial charge in [-0.3, -0.25) is 0 Å². The van der Waals surface area contributed by atoms with E-state index < -0.39 is 12.1 Å². The number of carbonyl (C=O) groups excluding carboxylic acids is 1. The zero-order valence-electron chi connectivity index (χ0n) is 14.3. The van der Waals surface area contributed by atoms with E-state index in [-0.39, 0.29) is 24.4 Å². The number of hydrogen-bond acceptors (Lipinski definition) is 1. The van der Waals surface area contributed by atoms with Crippen molar-refractivity contribution in [1.82, 2.24) is 10.2 Å². The lowest BCUT2D eigenvalue weighted by atomic mass is 9.79. The van der Waals surface area contributed by atoms with Crippen LogP contribution in [-0.4, -0.2) is 36.7 Å². The second-order valence-corrected chi connectivity index (χ2v) is 7.34. The summed E-state index contributed by atoms with van der Waals surface area (Å²) >= 11 is 0. The van der Waals surface area contributed by atoms with Crippen molar-refractivity contribution < 1.29 is 18.0 Å². The molecule has 1 aromatic rings. The number of hydrogen-bond donors (Lipinski definition) is 1. The second kappa shape index (κ2) is 7.26. The van der Waals surface area contributed by atoms with Crippen LogP contribution in [0, 0.1) is 5.92 Å². The lowest BCUT2D eigenvalue weighted by molar-refractivity contribution is -0.184. The van der Waals surface area contributed by atoms with E-state index in [4.69, 9.17) is 0 Å². The van der Waals surface area contributed by atoms with Crippen LogP contribution in [-0.2, 0) is 5.41 Å². The molecule has 1 aromatic carbocycles. The number of rotatable bonds is 3. The van der Waals surface area contributed by atoms with Gasteiger partial charge >= 0.3 is 12.2 Å². The smallest absolute Gasteiger partial charge is 0.337 e. The number of nitrogens with zero attached hydrogens (tertiary/aromatic N) is 1. The summed E-state index contributed by atoms with van der Waals surface area (Å²) < 4.78 is 38.8. The van der Waals surface area contributed by atoms with Gasteiger partial charge in [0.05, 0.1) is 5.92 Å². The van der Waals surface area contributed by atoms with Gasteiger partial charge in [-0.1, -0.05) is 43.2 Å². The third-order valence-corrected chi connectivity index (χ3v) is 5.70. The van der Waals surface area contributed by atoms with Crippen LogP contribution in [0.5, 0.6) is 0 Å². The van der Waals surface area contributed by atoms with Crippen LogP contribution in [0.25, 0.3) is 0 Å². The first-order valence-electron chi connectivity index (χ1n) is 9.06. The van der Waals surface area contributed by atoms with Gasteiger partial charge in [-0.15, -0.1) is 0 Å². The molecule has 0 radical (unpaired) electrons. The number of urea groups is 1. The molecule has 3 rings (SSSR count). The number of nitrogens with one attached hydrogen (secondary N) is 1. The molecule has 1 heterocycles. The Labute approximate surface area is 146 Å². The molecule has 1 saturated heterocycles. The Hall–Kier alpha value is -1.72. The lowest BCUT2D eigenvalue weighted by Gasteiger charge is -2.35. The predicted molar refractivity (Wildman–Crippen MR) is 90.3 cm³/mol. The van der Waals surface area contributed by atoms with Crippen LogP contribution in [0.15, 0.2) is 30.3 Å². The van der Waals surface area contributed by atoms with Gasteiger partial charge in [0, 0.05) is 25.0 Å². The van der Waals surface area contributed by atoms with E-state index in [1.165, 1.54) is 10.5 Å². The van der Waals surface area contributed by atoms with Gasteiger partial charge in [0.15, 0.2) is 0 Å². The maximum atomic E-state index is 12.9. The minimum Gasteiger partial charge on any atom is -0.337 e. The molecule has 0 spiro atoms. The van der Waals surface area contributed by atoms with Crippen molar-refractivity contribution in [3.8, 4) is 0 Å². The summed E-state index contributed by atoms with van der Waals surface area (Å²) in [6.45, 7) is 0.660. The number of benzene rings is 1. The quantitative estimate of drug-likeness (QED) is 0.853. The highest BCUT2D eigenvalue weighted by molar-refractivity contribution is 5.74. The van der Waals surface area contributed by atoms with Gasteiger partial charge < -0.3 is 10.2 Å². The highest BCUT2D eigenvalue weighted by Crippen LogP contribution is 2.40. The van der Waals surface area contributed by atoms with Crippen LogP contribution < -0.4 is 5.32 Å². The summed E-state index contributed by atoms with van der Waals surface area (Å²) in [5.41, 5.74) is 1.12. The largest absolute Gasteiger partial charge is 0.393 e. The third kappa shape index (κ3) is 4.10. The molecule has 2 amide bonds. The van der Waals surface area contributed by atoms with Crippen molar-refractivity contribution >= 4 is 6.03 Å². The first-order chi connectivity index (χ1) is 11.9. The summed E-state index contributed by atoms with van der Waals surface area (Å²) in [6, 6.07) is 9.76. The molecule has 1 N–H and O–H groups in total. The van der Waals surface area contributed by atoms with E-state index >= 15 is 0 Å². The SMILES string of the molecule is O=C(NCC1(c2ccccc2)CCCC1)N1CCCC(C(F)(F)F)C1. The van der Waals surface area contributed by atoms with Gasteiger partial charge in [0.1, 0.15) is 0 Å². The maximum Gasteiger partial charge on any atom is 0.393 e. The summed E-state index contributed by atoms with van der Waals surface area (Å²) in [5, 5.41) is 2.93. The summed E-state index contributed by atoms with van der Waals surface area (Å²) in [6.07, 6.45) is 0.526. The van der Waals surface area contributed by atoms with E-state index in [1.54, 1.807) is 0 Å². The molecule has 1 atom stereocenters. The van der Waals surface area contributed by atoms with Gasteiger partial charge in [0.2, 0.25) is 0 Å². The molecule has 6 heteroatoms. The highest BCUT2D eigenvalue weighted by Gasteiger charge is 2.43. The highest BCUT2D eigenvalue weighted by atomic mass is 19.4. The van der Waals surface area contributed by atoms with E-state index in [0.717, 1.165) is 25.7 Å². The standard InChI is InChI=1S/C19H25F3N2O/c20-19(21,22)16-9-6-12-24(13-16)17(25)23-14-18(10-4-5-11-18)15-7-2-1-3-8-15/h1-3,7-8,16H,4-6,9-14H2,(H,23,25). The molecular weight excluding hydrogens is 329 g/mol. The Morgan fingerprint density at radius 2 is 1.84 bits per heavy atom. The fourth-order valence-electron chi connectivity index (χ4n) is 4.20. The number of carbonyl (C=O) groups is 1. The normalized spacial score (nSPS) is 23.5. The zero-order chi connectivity index (χ0) is 17.9. The molecule has 1 aliphatic carbocycles. The first-order valence-corrected chi connectivity index (χ1v) is 9.06. The molecule has 0 aromatic heterocycles. The van der Waals surface area contributed by atoms with Gasteiger partial charge in [0.25, 0.3) is 0 Å². The van der Waals surface area contributed by atoms with E-state index in [9.17, 15) is 18.0 Å². The number of piperidine rings is 1. The molecule has 2 fully saturated rings. The number of alkyl halides is 3. The van der Waals surface area contributed by atoms with Crippen LogP contribution >= 0.6 is 0 Å². The van der Waals surface area contributed by atoms with E-state index in [2.05, 4.69) is 17.4 Å². The Morgan fingerprint density at radius 1 is 1.16 bits per heavy atom. The minimum atomic E-state index is -4.23. The molecule has 1 aliphatic heterocycles. The minimum absolute atomic E-state index is 0.0872. The van der Waals surface area contributed by atoms with Gasteiger partial charge in [-0.05, 0) is 31.2 Å². The van der Waals surface area contributed by atoms with Crippen LogP contribution in [0.3, 0.4) is 0 Å². The van der Waals surface area contributed by atoms with Crippen molar-refractivity contribution in [2.24, 2.45) is 5.92 Å². The number of amides is 2. The van der Waals surface area contributed by atoms with Gasteiger partial charge in [-0.25, -0.2) is 4.79 Å². The lowest BCUT2D eigenvalue weighted by Crippen LogP contribution is -2.50. The van der Waals surface area contributed by atoms with Crippen molar-refractivity contribution in [3.05, 3.63) is 35.9 Å². The van der Waals surface area contributed by atoms with Gasteiger partial charge in [-0.2, -0.15) is 13.2 Å². The molecule has 138 valence electrons. The molecule has 3 nitrogen and oxygen atoms in total. The Balaban J connectivity index is 1.63. The Bertz CT molecular complexity index is 582. The van der Waals surface area contributed by atoms with Crippen LogP contribution in [0.2, 0.25) is 0 Å². The molecular formula is C19H25F3N2O. The average molecular weight is 354 g/mol. The molecule has 2 aliphatic rings. The fourth-order valence-corrected chi connectivity index (χ4v) is 4.20. The zero-order valence-corrected chi connectivity index (χ0v) is 14.3. The Kier molecular flexibility index (Phi) is 5.25. The van der Waals surface area contributed by atoms with Crippen LogP contribution in [0.4, 0.5) is 18.0 Å². The number of likely N-dealkylation sites (tertiary alicyclic amines) is 1. The second-order valence-electron chi connectivity index (χ2n) is 7.34. The van der Waals surface area contributed by atoms with Crippen LogP contribution in [0.1, 0.15) is 44.1 Å². The van der Waals surface area contributed by atoms with E-state index in [1.807, 2.05) is 18.2 Å². The monoisotopic (exact) mass is 354 g/mol. The average Bonchev–Trinajstić information content (AvgIpc) is 3.10. The Morgan fingerprint density at radius 3 is 2.48 bits per heavy atom. The third-order valence-electron chi connectivity index (χ3n) is 5.70. The topological polar surface area (TPSA) is 32.3 Å². The molecule has 1 saturated carbocycles. The van der Waals surface area contributed by atoms with E-state index in [0.29, 0.717) is 19.5 Å². The maximum absolute atomic E-state index is 12.9. The molecule has 0 bridgehead atoms. The summed E-state index contributed by atoms with van der Waals surface area (Å²) in [5.74, 6) is -1.40. The first kappa shape index (κ1) is 18.1. The van der Waals surface area contributed by atoms with Crippen molar-refractivity contribution in [2.45, 2.75) is 50.1 Å². The molecule has 1 unspecified atom stereocenters. The summed E-state index contributed by atoms with van der Waals surface area (Å²) in [7, 11) is 0. The van der Waals surface area contributed by atoms with Crippen molar-refractivity contribution in [3.63, 3.8) is 0 Å². The number of halogens is 3. The van der Waals surface area contributed by atoms with Crippen molar-refractivity contribution in [2.75, 3.05) is 19.6 Å². The predicted octanol–water partition coefficient (Wildman–Crippen LogP) is 4.48. The molecule has 25 heavy (non-hydrogen) atoms. The summed E-state index contributed by atoms with van der Waals surface area (Å²) in [4.78, 5) is 13.8. The fraction of sp³-hybridized carbons (Fsp3) is 0.632. The van der Waals surface area contributed by atoms with Crippen molar-refractivity contribution in [1.29, 1.82) is 0 Å².